The lowest BCUT2D eigenvalue weighted by atomic mass is 10.0. The molecule has 1 aromatic carbocycles. The molecule has 2 aromatic rings. The summed E-state index contributed by atoms with van der Waals surface area (Å²) in [5.74, 6) is 7.14. The van der Waals surface area contributed by atoms with Crippen molar-refractivity contribution in [3.05, 3.63) is 35.7 Å². The van der Waals surface area contributed by atoms with Crippen molar-refractivity contribution in [3.8, 4) is 11.5 Å². The van der Waals surface area contributed by atoms with Crippen molar-refractivity contribution in [2.24, 2.45) is 5.84 Å². The van der Waals surface area contributed by atoms with Crippen molar-refractivity contribution in [3.63, 3.8) is 0 Å². The highest BCUT2D eigenvalue weighted by Gasteiger charge is 2.18. The smallest absolute Gasteiger partial charge is 0.161 e. The van der Waals surface area contributed by atoms with Crippen molar-refractivity contribution >= 4 is 11.7 Å². The maximum atomic E-state index is 5.67. The maximum absolute atomic E-state index is 5.67. The highest BCUT2D eigenvalue weighted by atomic mass is 32.1. The zero-order valence-electron chi connectivity index (χ0n) is 10.2. The number of nitrogens with one attached hydrogen (secondary N) is 1. The van der Waals surface area contributed by atoms with Crippen LogP contribution in [0.5, 0.6) is 11.5 Å². The molecule has 3 N–H and O–H groups in total. The molecular formula is C12H14N4O2S. The largest absolute Gasteiger partial charge is 0.490 e. The van der Waals surface area contributed by atoms with E-state index in [1.807, 2.05) is 18.2 Å². The van der Waals surface area contributed by atoms with Gasteiger partial charge in [0.1, 0.15) is 0 Å². The summed E-state index contributed by atoms with van der Waals surface area (Å²) < 4.78 is 19.5. The standard InChI is InChI=1S/C12H14N4O2S/c13-15-12(9-7-14-19-16-9)8-2-3-10-11(6-8)18-5-1-4-17-10/h2-3,6-7,12,15H,1,4-5,13H2. The van der Waals surface area contributed by atoms with E-state index in [4.69, 9.17) is 15.3 Å². The first kappa shape index (κ1) is 12.3. The average molecular weight is 278 g/mol. The Morgan fingerprint density at radius 2 is 2.11 bits per heavy atom. The SMILES string of the molecule is NNC(c1ccc2c(c1)OCCCO2)c1cnsn1. The Labute approximate surface area is 114 Å². The third-order valence-electron chi connectivity index (χ3n) is 2.95. The summed E-state index contributed by atoms with van der Waals surface area (Å²) in [7, 11) is 0. The Balaban J connectivity index is 1.94. The van der Waals surface area contributed by atoms with Gasteiger partial charge < -0.3 is 9.47 Å². The lowest BCUT2D eigenvalue weighted by molar-refractivity contribution is 0.297. The molecule has 7 heteroatoms. The van der Waals surface area contributed by atoms with Crippen molar-refractivity contribution in [2.75, 3.05) is 13.2 Å². The van der Waals surface area contributed by atoms with Crippen LogP contribution in [-0.2, 0) is 0 Å². The van der Waals surface area contributed by atoms with E-state index in [0.29, 0.717) is 13.2 Å². The number of aromatic nitrogens is 2. The topological polar surface area (TPSA) is 82.3 Å². The normalized spacial score (nSPS) is 15.8. The quantitative estimate of drug-likeness (QED) is 0.649. The van der Waals surface area contributed by atoms with Gasteiger partial charge in [0.15, 0.2) is 11.5 Å². The summed E-state index contributed by atoms with van der Waals surface area (Å²) in [6, 6.07) is 5.60. The molecule has 100 valence electrons. The van der Waals surface area contributed by atoms with Crippen molar-refractivity contribution in [1.82, 2.24) is 14.2 Å². The molecule has 1 aliphatic rings. The van der Waals surface area contributed by atoms with Crippen LogP contribution in [-0.4, -0.2) is 22.0 Å². The number of hydrogen-bond donors (Lipinski definition) is 2. The second-order valence-corrected chi connectivity index (χ2v) is 4.75. The Bertz CT molecular complexity index is 547. The first-order valence-electron chi connectivity index (χ1n) is 6.01. The molecule has 1 unspecified atom stereocenters. The van der Waals surface area contributed by atoms with Crippen molar-refractivity contribution in [1.29, 1.82) is 0 Å². The van der Waals surface area contributed by atoms with E-state index in [1.54, 1.807) is 6.20 Å². The minimum atomic E-state index is -0.198. The predicted molar refractivity (Wildman–Crippen MR) is 71.1 cm³/mol. The van der Waals surface area contributed by atoms with Crippen LogP contribution < -0.4 is 20.7 Å². The summed E-state index contributed by atoms with van der Waals surface area (Å²) in [4.78, 5) is 0. The number of fused-ring (bicyclic) bond motifs is 1. The number of ether oxygens (including phenoxy) is 2. The molecule has 0 fully saturated rings. The molecule has 1 atom stereocenters. The van der Waals surface area contributed by atoms with Gasteiger partial charge in [-0.3, -0.25) is 5.84 Å². The average Bonchev–Trinajstić information content (AvgIpc) is 2.85. The molecule has 19 heavy (non-hydrogen) atoms. The number of nitrogens with zero attached hydrogens (tertiary/aromatic N) is 2. The third-order valence-corrected chi connectivity index (χ3v) is 3.44. The van der Waals surface area contributed by atoms with Crippen LogP contribution in [0, 0.1) is 0 Å². The molecule has 0 spiro atoms. The van der Waals surface area contributed by atoms with Gasteiger partial charge in [0, 0.05) is 6.42 Å². The minimum Gasteiger partial charge on any atom is -0.490 e. The van der Waals surface area contributed by atoms with Gasteiger partial charge >= 0.3 is 0 Å². The number of nitrogens with two attached hydrogens (primary N) is 1. The van der Waals surface area contributed by atoms with Gasteiger partial charge in [-0.15, -0.1) is 0 Å². The van der Waals surface area contributed by atoms with E-state index in [2.05, 4.69) is 14.2 Å². The predicted octanol–water partition coefficient (Wildman–Crippen LogP) is 1.25. The summed E-state index contributed by atoms with van der Waals surface area (Å²) in [5, 5.41) is 0. The number of hydrazine groups is 1. The number of hydrogen-bond acceptors (Lipinski definition) is 7. The zero-order valence-corrected chi connectivity index (χ0v) is 11.0. The van der Waals surface area contributed by atoms with E-state index in [1.165, 1.54) is 0 Å². The van der Waals surface area contributed by atoms with Gasteiger partial charge in [-0.2, -0.15) is 8.75 Å². The van der Waals surface area contributed by atoms with Gasteiger partial charge in [-0.1, -0.05) is 6.07 Å². The fourth-order valence-corrected chi connectivity index (χ4v) is 2.46. The third kappa shape index (κ3) is 2.53. The summed E-state index contributed by atoms with van der Waals surface area (Å²) in [6.07, 6.45) is 2.59. The zero-order chi connectivity index (χ0) is 13.1. The highest BCUT2D eigenvalue weighted by molar-refractivity contribution is 6.99. The lowest BCUT2D eigenvalue weighted by Crippen LogP contribution is -2.29. The monoisotopic (exact) mass is 278 g/mol. The van der Waals surface area contributed by atoms with E-state index in [-0.39, 0.29) is 6.04 Å². The van der Waals surface area contributed by atoms with Crippen molar-refractivity contribution in [2.45, 2.75) is 12.5 Å². The fraction of sp³-hybridized carbons (Fsp3) is 0.333. The molecule has 0 saturated heterocycles. The molecule has 2 heterocycles. The van der Waals surface area contributed by atoms with E-state index in [9.17, 15) is 0 Å². The van der Waals surface area contributed by atoms with Crippen LogP contribution in [0.2, 0.25) is 0 Å². The molecule has 0 radical (unpaired) electrons. The lowest BCUT2D eigenvalue weighted by Gasteiger charge is -2.15. The van der Waals surface area contributed by atoms with Crippen LogP contribution in [0.25, 0.3) is 0 Å². The van der Waals surface area contributed by atoms with Gasteiger partial charge in [0.25, 0.3) is 0 Å². The molecule has 6 nitrogen and oxygen atoms in total. The summed E-state index contributed by atoms with van der Waals surface area (Å²) in [5.41, 5.74) is 4.52. The molecule has 0 aliphatic carbocycles. The van der Waals surface area contributed by atoms with Gasteiger partial charge in [0.2, 0.25) is 0 Å². The molecule has 0 bridgehead atoms. The second kappa shape index (κ2) is 5.52. The van der Waals surface area contributed by atoms with Gasteiger partial charge in [0.05, 0.1) is 42.9 Å². The van der Waals surface area contributed by atoms with Crippen LogP contribution in [0.4, 0.5) is 0 Å². The van der Waals surface area contributed by atoms with Crippen LogP contribution >= 0.6 is 11.7 Å². The van der Waals surface area contributed by atoms with Crippen LogP contribution in [0.15, 0.2) is 24.4 Å². The summed E-state index contributed by atoms with van der Waals surface area (Å²) >= 11 is 1.16. The van der Waals surface area contributed by atoms with E-state index in [0.717, 1.165) is 40.9 Å². The minimum absolute atomic E-state index is 0.198. The van der Waals surface area contributed by atoms with Crippen molar-refractivity contribution < 1.29 is 9.47 Å². The Hall–Kier alpha value is -1.70. The Kier molecular flexibility index (Phi) is 3.58. The Morgan fingerprint density at radius 3 is 2.84 bits per heavy atom. The summed E-state index contributed by atoms with van der Waals surface area (Å²) in [6.45, 7) is 1.34. The highest BCUT2D eigenvalue weighted by Crippen LogP contribution is 2.33. The molecular weight excluding hydrogens is 264 g/mol. The first-order chi connectivity index (χ1) is 9.38. The molecule has 1 aliphatic heterocycles. The van der Waals surface area contributed by atoms with Gasteiger partial charge in [-0.05, 0) is 17.7 Å². The van der Waals surface area contributed by atoms with Crippen LogP contribution in [0.3, 0.4) is 0 Å². The maximum Gasteiger partial charge on any atom is 0.161 e. The Morgan fingerprint density at radius 1 is 1.26 bits per heavy atom. The molecule has 1 aromatic heterocycles. The van der Waals surface area contributed by atoms with E-state index < -0.39 is 0 Å². The fourth-order valence-electron chi connectivity index (χ4n) is 2.01. The first-order valence-corrected chi connectivity index (χ1v) is 6.74. The second-order valence-electron chi connectivity index (χ2n) is 4.19. The molecule has 0 amide bonds. The number of rotatable bonds is 3. The van der Waals surface area contributed by atoms with E-state index >= 15 is 0 Å². The van der Waals surface area contributed by atoms with Gasteiger partial charge in [-0.25, -0.2) is 5.43 Å². The molecule has 0 saturated carbocycles. The molecule has 3 rings (SSSR count). The van der Waals surface area contributed by atoms with Crippen LogP contribution in [0.1, 0.15) is 23.7 Å². The number of benzene rings is 1.